The second kappa shape index (κ2) is 3.00. The number of rotatable bonds is 0. The van der Waals surface area contributed by atoms with E-state index in [2.05, 4.69) is 18.2 Å². The first kappa shape index (κ1) is 9.46. The Morgan fingerprint density at radius 2 is 2.00 bits per heavy atom. The second-order valence-corrected chi connectivity index (χ2v) is 5.38. The summed E-state index contributed by atoms with van der Waals surface area (Å²) in [6.45, 7) is 1.68. The summed E-state index contributed by atoms with van der Waals surface area (Å²) in [4.78, 5) is 11.9. The minimum absolute atomic E-state index is 0.162. The Bertz CT molecular complexity index is 638. The number of carbonyl (C=O) groups is 1. The minimum Gasteiger partial charge on any atom is -0.284 e. The Kier molecular flexibility index (Phi) is 1.67. The van der Waals surface area contributed by atoms with Crippen LogP contribution in [0.5, 0.6) is 0 Å². The minimum atomic E-state index is 0.162. The van der Waals surface area contributed by atoms with Gasteiger partial charge in [-0.05, 0) is 36.8 Å². The predicted molar refractivity (Wildman–Crippen MR) is 67.6 cm³/mol. The maximum Gasteiger partial charge on any atom is 0.228 e. The number of fused-ring (bicyclic) bond motifs is 7. The lowest BCUT2D eigenvalue weighted by atomic mass is 9.95. The molecule has 0 saturated heterocycles. The van der Waals surface area contributed by atoms with Gasteiger partial charge in [-0.15, -0.1) is 0 Å². The molecule has 1 fully saturated rings. The van der Waals surface area contributed by atoms with E-state index in [1.54, 1.807) is 6.92 Å². The van der Waals surface area contributed by atoms with Gasteiger partial charge in [-0.3, -0.25) is 9.36 Å². The van der Waals surface area contributed by atoms with Gasteiger partial charge in [0.15, 0.2) is 0 Å². The van der Waals surface area contributed by atoms with Gasteiger partial charge in [0.25, 0.3) is 0 Å². The van der Waals surface area contributed by atoms with E-state index in [0.29, 0.717) is 11.8 Å². The van der Waals surface area contributed by atoms with Crippen molar-refractivity contribution in [1.82, 2.24) is 4.57 Å². The van der Waals surface area contributed by atoms with Crippen LogP contribution in [0.1, 0.15) is 54.1 Å². The lowest BCUT2D eigenvalue weighted by molar-refractivity contribution is 0.0937. The van der Waals surface area contributed by atoms with Gasteiger partial charge in [-0.25, -0.2) is 0 Å². The standard InChI is InChI=1S/C15H15NO/c1-9(17)16-13-5-3-2-4-12(13)14-10-6-7-11(8-10)15(14)16/h2-5,10-11H,6-8H2,1H3. The molecule has 2 aromatic rings. The van der Waals surface area contributed by atoms with Crippen LogP contribution in [0.2, 0.25) is 0 Å². The largest absolute Gasteiger partial charge is 0.284 e. The molecule has 0 aliphatic heterocycles. The predicted octanol–water partition coefficient (Wildman–Crippen LogP) is 3.67. The van der Waals surface area contributed by atoms with Crippen molar-refractivity contribution in [1.29, 1.82) is 0 Å². The second-order valence-electron chi connectivity index (χ2n) is 5.38. The Morgan fingerprint density at radius 3 is 2.82 bits per heavy atom. The first-order valence-electron chi connectivity index (χ1n) is 6.41. The third kappa shape index (κ3) is 1.03. The molecule has 2 aliphatic carbocycles. The first-order chi connectivity index (χ1) is 8.27. The highest BCUT2D eigenvalue weighted by molar-refractivity contribution is 5.96. The summed E-state index contributed by atoms with van der Waals surface area (Å²) in [6.07, 6.45) is 3.84. The quantitative estimate of drug-likeness (QED) is 0.670. The van der Waals surface area contributed by atoms with E-state index in [1.165, 1.54) is 35.9 Å². The summed E-state index contributed by atoms with van der Waals surface area (Å²) in [5.74, 6) is 1.50. The average Bonchev–Trinajstić information content (AvgIpc) is 2.98. The highest BCUT2D eigenvalue weighted by Gasteiger charge is 2.41. The molecule has 2 bridgehead atoms. The van der Waals surface area contributed by atoms with Crippen LogP contribution < -0.4 is 0 Å². The number of nitrogens with zero attached hydrogens (tertiary/aromatic N) is 1. The summed E-state index contributed by atoms with van der Waals surface area (Å²) >= 11 is 0. The van der Waals surface area contributed by atoms with Crippen LogP contribution in [0, 0.1) is 0 Å². The van der Waals surface area contributed by atoms with Crippen LogP contribution in [0.4, 0.5) is 0 Å². The molecule has 86 valence electrons. The Morgan fingerprint density at radius 1 is 1.24 bits per heavy atom. The van der Waals surface area contributed by atoms with Gasteiger partial charge >= 0.3 is 0 Å². The molecular formula is C15H15NO. The number of aromatic nitrogens is 1. The molecule has 4 rings (SSSR count). The molecule has 17 heavy (non-hydrogen) atoms. The summed E-state index contributed by atoms with van der Waals surface area (Å²) in [6, 6.07) is 8.36. The molecule has 1 aromatic carbocycles. The summed E-state index contributed by atoms with van der Waals surface area (Å²) in [7, 11) is 0. The fourth-order valence-corrected chi connectivity index (χ4v) is 3.95. The van der Waals surface area contributed by atoms with E-state index in [-0.39, 0.29) is 5.91 Å². The maximum absolute atomic E-state index is 11.9. The van der Waals surface area contributed by atoms with Gasteiger partial charge < -0.3 is 0 Å². The number of hydrogen-bond acceptors (Lipinski definition) is 1. The van der Waals surface area contributed by atoms with Crippen LogP contribution in [-0.2, 0) is 0 Å². The van der Waals surface area contributed by atoms with Gasteiger partial charge in [0.05, 0.1) is 5.52 Å². The monoisotopic (exact) mass is 225 g/mol. The third-order valence-corrected chi connectivity index (χ3v) is 4.49. The lowest BCUT2D eigenvalue weighted by Crippen LogP contribution is -2.11. The molecular weight excluding hydrogens is 210 g/mol. The van der Waals surface area contributed by atoms with Crippen LogP contribution in [0.25, 0.3) is 10.9 Å². The number of para-hydroxylation sites is 1. The fourth-order valence-electron chi connectivity index (χ4n) is 3.95. The van der Waals surface area contributed by atoms with E-state index in [9.17, 15) is 4.79 Å². The molecule has 0 amide bonds. The van der Waals surface area contributed by atoms with Crippen LogP contribution in [-0.4, -0.2) is 10.5 Å². The first-order valence-corrected chi connectivity index (χ1v) is 6.41. The number of hydrogen-bond donors (Lipinski definition) is 0. The van der Waals surface area contributed by atoms with Crippen molar-refractivity contribution in [3.05, 3.63) is 35.5 Å². The smallest absolute Gasteiger partial charge is 0.228 e. The van der Waals surface area contributed by atoms with Crippen molar-refractivity contribution in [2.24, 2.45) is 0 Å². The van der Waals surface area contributed by atoms with Gasteiger partial charge in [0.2, 0.25) is 5.91 Å². The van der Waals surface area contributed by atoms with Crippen molar-refractivity contribution >= 4 is 16.8 Å². The normalized spacial score (nSPS) is 25.5. The Labute approximate surface area is 100 Å². The topological polar surface area (TPSA) is 22.0 Å². The summed E-state index contributed by atoms with van der Waals surface area (Å²) < 4.78 is 1.97. The van der Waals surface area contributed by atoms with E-state index < -0.39 is 0 Å². The van der Waals surface area contributed by atoms with Crippen LogP contribution in [0.15, 0.2) is 24.3 Å². The molecule has 0 spiro atoms. The third-order valence-electron chi connectivity index (χ3n) is 4.49. The highest BCUT2D eigenvalue weighted by Crippen LogP contribution is 2.56. The van der Waals surface area contributed by atoms with Crippen molar-refractivity contribution in [2.45, 2.75) is 38.0 Å². The zero-order valence-electron chi connectivity index (χ0n) is 9.94. The van der Waals surface area contributed by atoms with Gasteiger partial charge in [-0.1, -0.05) is 18.2 Å². The van der Waals surface area contributed by atoms with E-state index in [0.717, 1.165) is 5.52 Å². The van der Waals surface area contributed by atoms with Crippen molar-refractivity contribution < 1.29 is 4.79 Å². The van der Waals surface area contributed by atoms with Crippen LogP contribution in [0.3, 0.4) is 0 Å². The van der Waals surface area contributed by atoms with E-state index in [1.807, 2.05) is 10.6 Å². The van der Waals surface area contributed by atoms with Crippen molar-refractivity contribution in [3.63, 3.8) is 0 Å². The zero-order chi connectivity index (χ0) is 11.6. The molecule has 2 unspecified atom stereocenters. The van der Waals surface area contributed by atoms with Crippen molar-refractivity contribution in [2.75, 3.05) is 0 Å². The molecule has 2 atom stereocenters. The molecule has 2 heteroatoms. The molecule has 0 radical (unpaired) electrons. The molecule has 1 saturated carbocycles. The fraction of sp³-hybridized carbons (Fsp3) is 0.400. The molecule has 1 aromatic heterocycles. The number of benzene rings is 1. The maximum atomic E-state index is 11.9. The van der Waals surface area contributed by atoms with E-state index >= 15 is 0 Å². The average molecular weight is 225 g/mol. The van der Waals surface area contributed by atoms with Gasteiger partial charge in [0.1, 0.15) is 0 Å². The van der Waals surface area contributed by atoms with Gasteiger partial charge in [0, 0.05) is 23.9 Å². The van der Waals surface area contributed by atoms with E-state index in [4.69, 9.17) is 0 Å². The lowest BCUT2D eigenvalue weighted by Gasteiger charge is -2.13. The SMILES string of the molecule is CC(=O)n1c2c(c3ccccc31)C1CCC2C1. The zero-order valence-corrected chi connectivity index (χ0v) is 9.94. The molecule has 0 N–H and O–H groups in total. The highest BCUT2D eigenvalue weighted by atomic mass is 16.1. The summed E-state index contributed by atoms with van der Waals surface area (Å²) in [5.41, 5.74) is 3.92. The Balaban J connectivity index is 2.17. The van der Waals surface area contributed by atoms with Crippen LogP contribution >= 0.6 is 0 Å². The Hall–Kier alpha value is -1.57. The molecule has 2 aliphatic rings. The number of carbonyl (C=O) groups excluding carboxylic acids is 1. The molecule has 2 nitrogen and oxygen atoms in total. The van der Waals surface area contributed by atoms with Gasteiger partial charge in [-0.2, -0.15) is 0 Å². The summed E-state index contributed by atoms with van der Waals surface area (Å²) in [5, 5.41) is 1.31. The molecule has 1 heterocycles. The van der Waals surface area contributed by atoms with Crippen molar-refractivity contribution in [3.8, 4) is 0 Å².